The number of piperazine rings is 1. The second-order valence-corrected chi connectivity index (χ2v) is 6.47. The summed E-state index contributed by atoms with van der Waals surface area (Å²) in [6.07, 6.45) is -4.56. The van der Waals surface area contributed by atoms with Gasteiger partial charge in [0.15, 0.2) is 0 Å². The number of carbonyl (C=O) groups excluding carboxylic acids is 2. The third-order valence-electron chi connectivity index (χ3n) is 4.43. The second kappa shape index (κ2) is 8.43. The van der Waals surface area contributed by atoms with E-state index in [1.54, 1.807) is 4.90 Å². The number of aromatic amines is 1. The first-order valence-electron chi connectivity index (χ1n) is 8.77. The number of aromatic nitrogens is 2. The summed E-state index contributed by atoms with van der Waals surface area (Å²) in [5.41, 5.74) is -1.50. The van der Waals surface area contributed by atoms with Crippen LogP contribution in [-0.4, -0.2) is 64.5 Å². The van der Waals surface area contributed by atoms with Crippen LogP contribution < -0.4 is 10.9 Å². The Morgan fingerprint density at radius 2 is 1.76 bits per heavy atom. The molecule has 0 spiro atoms. The maximum Gasteiger partial charge on any atom is 0.418 e. The maximum absolute atomic E-state index is 13.0. The molecule has 29 heavy (non-hydrogen) atoms. The summed E-state index contributed by atoms with van der Waals surface area (Å²) in [6.45, 7) is 1.32. The zero-order valence-electron chi connectivity index (χ0n) is 15.2. The van der Waals surface area contributed by atoms with Crippen molar-refractivity contribution in [3.05, 3.63) is 58.0 Å². The number of halogens is 3. The lowest BCUT2D eigenvalue weighted by molar-refractivity contribution is -0.137. The quantitative estimate of drug-likeness (QED) is 0.791. The van der Waals surface area contributed by atoms with Gasteiger partial charge in [0, 0.05) is 32.2 Å². The van der Waals surface area contributed by atoms with Crippen molar-refractivity contribution >= 4 is 17.5 Å². The summed E-state index contributed by atoms with van der Waals surface area (Å²) in [7, 11) is 0. The van der Waals surface area contributed by atoms with E-state index in [-0.39, 0.29) is 23.8 Å². The fourth-order valence-electron chi connectivity index (χ4n) is 2.97. The Labute approximate surface area is 163 Å². The zero-order valence-corrected chi connectivity index (χ0v) is 15.2. The molecule has 2 aromatic rings. The Kier molecular flexibility index (Phi) is 5.97. The van der Waals surface area contributed by atoms with Gasteiger partial charge in [-0.3, -0.25) is 19.3 Å². The van der Waals surface area contributed by atoms with Crippen LogP contribution in [0.1, 0.15) is 16.1 Å². The fourth-order valence-corrected chi connectivity index (χ4v) is 2.97. The average molecular weight is 409 g/mol. The van der Waals surface area contributed by atoms with Gasteiger partial charge in [-0.05, 0) is 18.2 Å². The fraction of sp³-hybridized carbons (Fsp3) is 0.333. The number of nitrogens with zero attached hydrogens (tertiary/aromatic N) is 3. The van der Waals surface area contributed by atoms with Crippen molar-refractivity contribution in [2.75, 3.05) is 38.0 Å². The molecule has 1 aliphatic heterocycles. The van der Waals surface area contributed by atoms with Gasteiger partial charge in [0.05, 0.1) is 17.8 Å². The van der Waals surface area contributed by atoms with Gasteiger partial charge in [-0.25, -0.2) is 5.10 Å². The summed E-state index contributed by atoms with van der Waals surface area (Å²) >= 11 is 0. The van der Waals surface area contributed by atoms with Crippen molar-refractivity contribution in [2.24, 2.45) is 0 Å². The molecule has 2 amide bonds. The standard InChI is InChI=1S/C18H18F3N5O3/c19-18(20,21)12-3-1-2-4-13(12)22-16(28)11-25-7-9-26(10-8-25)17(29)14-5-6-15(27)24-23-14/h1-6H,7-11H2,(H,22,28)(H,24,27). The number of benzene rings is 1. The highest BCUT2D eigenvalue weighted by molar-refractivity contribution is 5.93. The number of para-hydroxylation sites is 1. The largest absolute Gasteiger partial charge is 0.418 e. The van der Waals surface area contributed by atoms with Crippen LogP contribution in [0.25, 0.3) is 0 Å². The molecule has 0 saturated carbocycles. The zero-order chi connectivity index (χ0) is 21.0. The topological polar surface area (TPSA) is 98.4 Å². The number of nitrogens with one attached hydrogen (secondary N) is 2. The summed E-state index contributed by atoms with van der Waals surface area (Å²) in [5.74, 6) is -0.909. The van der Waals surface area contributed by atoms with Crippen molar-refractivity contribution in [1.82, 2.24) is 20.0 Å². The molecule has 0 bridgehead atoms. The lowest BCUT2D eigenvalue weighted by atomic mass is 10.1. The predicted molar refractivity (Wildman–Crippen MR) is 97.3 cm³/mol. The van der Waals surface area contributed by atoms with Gasteiger partial charge < -0.3 is 10.2 Å². The highest BCUT2D eigenvalue weighted by atomic mass is 19.4. The van der Waals surface area contributed by atoms with Crippen LogP contribution in [-0.2, 0) is 11.0 Å². The molecule has 0 unspecified atom stereocenters. The second-order valence-electron chi connectivity index (χ2n) is 6.47. The Bertz CT molecular complexity index is 932. The molecule has 1 fully saturated rings. The maximum atomic E-state index is 13.0. The number of hydrogen-bond acceptors (Lipinski definition) is 5. The molecule has 0 atom stereocenters. The van der Waals surface area contributed by atoms with E-state index in [9.17, 15) is 27.6 Å². The van der Waals surface area contributed by atoms with Gasteiger partial charge in [0.2, 0.25) is 5.91 Å². The Hall–Kier alpha value is -3.21. The number of H-pyrrole nitrogens is 1. The molecular formula is C18H18F3N5O3. The first kappa shape index (κ1) is 20.5. The number of rotatable bonds is 4. The number of amides is 2. The minimum absolute atomic E-state index is 0.0921. The molecule has 1 aromatic heterocycles. The highest BCUT2D eigenvalue weighted by Gasteiger charge is 2.33. The molecule has 2 N–H and O–H groups in total. The van der Waals surface area contributed by atoms with Gasteiger partial charge in [-0.1, -0.05) is 12.1 Å². The van der Waals surface area contributed by atoms with Crippen molar-refractivity contribution < 1.29 is 22.8 Å². The predicted octanol–water partition coefficient (Wildman–Crippen LogP) is 1.19. The van der Waals surface area contributed by atoms with Gasteiger partial charge in [-0.2, -0.15) is 18.3 Å². The van der Waals surface area contributed by atoms with E-state index >= 15 is 0 Å². The minimum Gasteiger partial charge on any atom is -0.335 e. The van der Waals surface area contributed by atoms with E-state index in [2.05, 4.69) is 15.5 Å². The monoisotopic (exact) mass is 409 g/mol. The number of alkyl halides is 3. The molecule has 11 heteroatoms. The van der Waals surface area contributed by atoms with E-state index in [4.69, 9.17) is 0 Å². The Balaban J connectivity index is 1.53. The molecule has 1 aliphatic rings. The van der Waals surface area contributed by atoms with Crippen molar-refractivity contribution in [2.45, 2.75) is 6.18 Å². The molecule has 2 heterocycles. The van der Waals surface area contributed by atoms with E-state index in [0.29, 0.717) is 26.2 Å². The number of carbonyl (C=O) groups is 2. The Morgan fingerprint density at radius 1 is 1.07 bits per heavy atom. The van der Waals surface area contributed by atoms with Gasteiger partial charge in [-0.15, -0.1) is 0 Å². The average Bonchev–Trinajstić information content (AvgIpc) is 2.68. The van der Waals surface area contributed by atoms with Crippen LogP contribution in [0.4, 0.5) is 18.9 Å². The minimum atomic E-state index is -4.56. The third kappa shape index (κ3) is 5.19. The van der Waals surface area contributed by atoms with Crippen LogP contribution in [0.3, 0.4) is 0 Å². The van der Waals surface area contributed by atoms with E-state index in [1.165, 1.54) is 35.2 Å². The van der Waals surface area contributed by atoms with E-state index < -0.39 is 23.2 Å². The summed E-state index contributed by atoms with van der Waals surface area (Å²) in [4.78, 5) is 38.8. The number of anilines is 1. The van der Waals surface area contributed by atoms with E-state index in [1.807, 2.05) is 0 Å². The molecule has 154 valence electrons. The molecule has 1 saturated heterocycles. The van der Waals surface area contributed by atoms with Gasteiger partial charge in [0.1, 0.15) is 5.69 Å². The molecule has 0 radical (unpaired) electrons. The van der Waals surface area contributed by atoms with Crippen LogP contribution in [0.2, 0.25) is 0 Å². The normalized spacial score (nSPS) is 15.2. The van der Waals surface area contributed by atoms with Crippen LogP contribution >= 0.6 is 0 Å². The third-order valence-corrected chi connectivity index (χ3v) is 4.43. The van der Waals surface area contributed by atoms with Crippen LogP contribution in [0, 0.1) is 0 Å². The van der Waals surface area contributed by atoms with Crippen molar-refractivity contribution in [1.29, 1.82) is 0 Å². The van der Waals surface area contributed by atoms with Crippen molar-refractivity contribution in [3.63, 3.8) is 0 Å². The molecule has 0 aliphatic carbocycles. The number of hydrogen-bond donors (Lipinski definition) is 2. The highest BCUT2D eigenvalue weighted by Crippen LogP contribution is 2.34. The molecular weight excluding hydrogens is 391 g/mol. The summed E-state index contributed by atoms with van der Waals surface area (Å²) in [6, 6.07) is 7.32. The Morgan fingerprint density at radius 3 is 2.38 bits per heavy atom. The smallest absolute Gasteiger partial charge is 0.335 e. The summed E-state index contributed by atoms with van der Waals surface area (Å²) < 4.78 is 39.0. The van der Waals surface area contributed by atoms with Crippen molar-refractivity contribution in [3.8, 4) is 0 Å². The van der Waals surface area contributed by atoms with Crippen LogP contribution in [0.5, 0.6) is 0 Å². The van der Waals surface area contributed by atoms with E-state index in [0.717, 1.165) is 6.07 Å². The lowest BCUT2D eigenvalue weighted by Crippen LogP contribution is -2.50. The van der Waals surface area contributed by atoms with Gasteiger partial charge in [0.25, 0.3) is 11.5 Å². The first-order valence-corrected chi connectivity index (χ1v) is 8.77. The lowest BCUT2D eigenvalue weighted by Gasteiger charge is -2.34. The summed E-state index contributed by atoms with van der Waals surface area (Å²) in [5, 5.41) is 8.20. The molecule has 1 aromatic carbocycles. The SMILES string of the molecule is O=C(CN1CCN(C(=O)c2ccc(=O)[nH]n2)CC1)Nc1ccccc1C(F)(F)F. The van der Waals surface area contributed by atoms with Crippen LogP contribution in [0.15, 0.2) is 41.2 Å². The molecule has 3 rings (SSSR count). The van der Waals surface area contributed by atoms with Gasteiger partial charge >= 0.3 is 6.18 Å². The molecule has 8 nitrogen and oxygen atoms in total. The first-order chi connectivity index (χ1) is 13.7.